The maximum atomic E-state index is 14.1. The molecule has 40 heavy (non-hydrogen) atoms. The fourth-order valence-electron chi connectivity index (χ4n) is 5.57. The van der Waals surface area contributed by atoms with E-state index in [0.29, 0.717) is 28.7 Å². The lowest BCUT2D eigenvalue weighted by atomic mass is 9.62. The zero-order chi connectivity index (χ0) is 28.4. The summed E-state index contributed by atoms with van der Waals surface area (Å²) in [4.78, 5) is 16.9. The first-order chi connectivity index (χ1) is 18.9. The number of hydrogen-bond donors (Lipinski definition) is 0. The van der Waals surface area contributed by atoms with Crippen LogP contribution in [0.5, 0.6) is 0 Å². The Morgan fingerprint density at radius 1 is 1.12 bits per heavy atom. The number of sulfone groups is 1. The van der Waals surface area contributed by atoms with Crippen molar-refractivity contribution < 1.29 is 30.8 Å². The third kappa shape index (κ3) is 4.29. The third-order valence-electron chi connectivity index (χ3n) is 7.55. The maximum Gasteiger partial charge on any atom is 0.427 e. The summed E-state index contributed by atoms with van der Waals surface area (Å²) < 4.78 is 83.7. The van der Waals surface area contributed by atoms with Crippen LogP contribution in [-0.4, -0.2) is 44.0 Å². The highest BCUT2D eigenvalue weighted by atomic mass is 32.2. The van der Waals surface area contributed by atoms with Crippen LogP contribution in [0.3, 0.4) is 0 Å². The molecule has 0 aliphatic heterocycles. The molecule has 2 aliphatic rings. The van der Waals surface area contributed by atoms with Crippen LogP contribution >= 0.6 is 11.3 Å². The quantitative estimate of drug-likeness (QED) is 0.238. The average molecular weight is 592 g/mol. The van der Waals surface area contributed by atoms with Gasteiger partial charge < -0.3 is 0 Å². The molecule has 0 unspecified atom stereocenters. The number of halogens is 4. The largest absolute Gasteiger partial charge is 0.427 e. The molecule has 208 valence electrons. The standard InChI is InChI=1S/C26H21F4N5O3S2/c1-34-14-20(12-32-34)40(37,38)19-7-2-16-8-21-15(11-33-35(21)18-5-3-17(27)4-6-18)9-25(16,10-19)23(36)24-31-13-22(39-24)26(28,29)30/h3-6,8,11-14,19H,2,7,9-10H2,1H3/t19-,25-/m0/s1. The molecule has 3 heterocycles. The number of carbonyl (C=O) groups is 1. The molecule has 14 heteroatoms. The number of allylic oxidation sites excluding steroid dienone is 1. The van der Waals surface area contributed by atoms with Crippen molar-refractivity contribution in [1.82, 2.24) is 24.5 Å². The molecule has 1 aromatic carbocycles. The van der Waals surface area contributed by atoms with E-state index in [-0.39, 0.29) is 46.9 Å². The van der Waals surface area contributed by atoms with E-state index in [1.807, 2.05) is 0 Å². The number of ketones is 1. The van der Waals surface area contributed by atoms with Gasteiger partial charge in [-0.1, -0.05) is 5.57 Å². The SMILES string of the molecule is Cn1cc(S(=O)(=O)[C@H]2CCC3=Cc4c(cnn4-c4ccc(F)cc4)C[C@]3(C(=O)c3ncc(C(F)(F)F)s3)C2)cn1. The lowest BCUT2D eigenvalue weighted by molar-refractivity contribution is -0.134. The van der Waals surface area contributed by atoms with Crippen LogP contribution in [0.25, 0.3) is 11.8 Å². The summed E-state index contributed by atoms with van der Waals surface area (Å²) in [6.45, 7) is 0. The van der Waals surface area contributed by atoms with E-state index in [4.69, 9.17) is 0 Å². The zero-order valence-electron chi connectivity index (χ0n) is 20.9. The number of Topliss-reactive ketones (excluding diaryl/α,β-unsaturated/α-hetero) is 1. The van der Waals surface area contributed by atoms with Crippen molar-refractivity contribution in [3.8, 4) is 5.69 Å². The summed E-state index contributed by atoms with van der Waals surface area (Å²) in [7, 11) is -2.31. The van der Waals surface area contributed by atoms with Crippen molar-refractivity contribution in [2.75, 3.05) is 0 Å². The molecule has 0 radical (unpaired) electrons. The van der Waals surface area contributed by atoms with Crippen LogP contribution in [0.1, 0.15) is 45.2 Å². The van der Waals surface area contributed by atoms with E-state index in [1.54, 1.807) is 36.1 Å². The van der Waals surface area contributed by atoms with Crippen LogP contribution in [0.15, 0.2) is 59.5 Å². The summed E-state index contributed by atoms with van der Waals surface area (Å²) in [5.74, 6) is -1.06. The number of aromatic nitrogens is 5. The summed E-state index contributed by atoms with van der Waals surface area (Å²) in [5.41, 5.74) is 1.03. The molecule has 0 spiro atoms. The number of thiazole rings is 1. The number of rotatable bonds is 5. The molecule has 2 aliphatic carbocycles. The molecule has 3 aromatic heterocycles. The summed E-state index contributed by atoms with van der Waals surface area (Å²) in [5, 5.41) is 7.09. The Balaban J connectivity index is 1.45. The van der Waals surface area contributed by atoms with E-state index in [0.717, 1.165) is 0 Å². The smallest absolute Gasteiger partial charge is 0.290 e. The van der Waals surface area contributed by atoms with E-state index < -0.39 is 43.2 Å². The Kier molecular flexibility index (Phi) is 6.11. The summed E-state index contributed by atoms with van der Waals surface area (Å²) in [6, 6.07) is 5.70. The van der Waals surface area contributed by atoms with Gasteiger partial charge in [0.05, 0.1) is 40.6 Å². The van der Waals surface area contributed by atoms with E-state index in [9.17, 15) is 30.8 Å². The minimum atomic E-state index is -4.67. The van der Waals surface area contributed by atoms with Gasteiger partial charge in [0.25, 0.3) is 0 Å². The van der Waals surface area contributed by atoms with Crippen molar-refractivity contribution in [2.24, 2.45) is 12.5 Å². The molecule has 6 rings (SSSR count). The van der Waals surface area contributed by atoms with Gasteiger partial charge in [-0.15, -0.1) is 11.3 Å². The van der Waals surface area contributed by atoms with Gasteiger partial charge in [0.1, 0.15) is 15.6 Å². The van der Waals surface area contributed by atoms with Gasteiger partial charge in [0, 0.05) is 13.2 Å². The first-order valence-electron chi connectivity index (χ1n) is 12.2. The molecular weight excluding hydrogens is 570 g/mol. The summed E-state index contributed by atoms with van der Waals surface area (Å²) in [6.07, 6.45) is 2.25. The molecule has 4 aromatic rings. The van der Waals surface area contributed by atoms with Crippen molar-refractivity contribution in [2.45, 2.75) is 42.0 Å². The number of nitrogens with zero attached hydrogens (tertiary/aromatic N) is 5. The van der Waals surface area contributed by atoms with Gasteiger partial charge in [-0.25, -0.2) is 22.5 Å². The van der Waals surface area contributed by atoms with Gasteiger partial charge in [0.2, 0.25) is 5.78 Å². The molecule has 0 bridgehead atoms. The predicted molar refractivity (Wildman–Crippen MR) is 137 cm³/mol. The predicted octanol–water partition coefficient (Wildman–Crippen LogP) is 5.06. The second-order valence-corrected chi connectivity index (χ2v) is 13.2. The third-order valence-corrected chi connectivity index (χ3v) is 10.7. The molecule has 0 saturated heterocycles. The topological polar surface area (TPSA) is 99.7 Å². The minimum absolute atomic E-state index is 0.0178. The van der Waals surface area contributed by atoms with Crippen LogP contribution in [-0.2, 0) is 29.5 Å². The number of aryl methyl sites for hydroxylation is 1. The number of benzene rings is 1. The van der Waals surface area contributed by atoms with Crippen molar-refractivity contribution in [3.05, 3.63) is 81.6 Å². The Labute approximate surface area is 229 Å². The Hall–Kier alpha value is -3.65. The van der Waals surface area contributed by atoms with Gasteiger partial charge in [0.15, 0.2) is 14.8 Å². The molecule has 1 fully saturated rings. The lowest BCUT2D eigenvalue weighted by Crippen LogP contribution is -2.45. The first-order valence-corrected chi connectivity index (χ1v) is 14.6. The number of hydrogen-bond acceptors (Lipinski definition) is 7. The zero-order valence-corrected chi connectivity index (χ0v) is 22.5. The maximum absolute atomic E-state index is 14.1. The van der Waals surface area contributed by atoms with Gasteiger partial charge in [-0.3, -0.25) is 9.48 Å². The highest BCUT2D eigenvalue weighted by Crippen LogP contribution is 2.52. The molecule has 2 atom stereocenters. The van der Waals surface area contributed by atoms with E-state index in [1.165, 1.54) is 29.2 Å². The normalized spacial score (nSPS) is 21.0. The Morgan fingerprint density at radius 2 is 1.88 bits per heavy atom. The van der Waals surface area contributed by atoms with Crippen LogP contribution < -0.4 is 0 Å². The fraction of sp³-hybridized carbons (Fsp3) is 0.308. The molecular formula is C26H21F4N5O3S2. The molecule has 8 nitrogen and oxygen atoms in total. The first kappa shape index (κ1) is 26.6. The molecule has 0 amide bonds. The van der Waals surface area contributed by atoms with Crippen LogP contribution in [0, 0.1) is 11.2 Å². The fourth-order valence-corrected chi connectivity index (χ4v) is 8.20. The molecule has 1 saturated carbocycles. The monoisotopic (exact) mass is 591 g/mol. The van der Waals surface area contributed by atoms with Crippen molar-refractivity contribution in [1.29, 1.82) is 0 Å². The second kappa shape index (κ2) is 9.20. The number of fused-ring (bicyclic) bond motifs is 2. The number of carbonyl (C=O) groups excluding carboxylic acids is 1. The van der Waals surface area contributed by atoms with E-state index >= 15 is 0 Å². The highest BCUT2D eigenvalue weighted by Gasteiger charge is 2.53. The van der Waals surface area contributed by atoms with Gasteiger partial charge in [-0.05, 0) is 61.6 Å². The Bertz CT molecular complexity index is 1770. The van der Waals surface area contributed by atoms with Crippen molar-refractivity contribution in [3.63, 3.8) is 0 Å². The lowest BCUT2D eigenvalue weighted by Gasteiger charge is -2.43. The van der Waals surface area contributed by atoms with Crippen LogP contribution in [0.2, 0.25) is 0 Å². The van der Waals surface area contributed by atoms with Crippen LogP contribution in [0.4, 0.5) is 17.6 Å². The van der Waals surface area contributed by atoms with E-state index in [2.05, 4.69) is 15.2 Å². The minimum Gasteiger partial charge on any atom is -0.290 e. The second-order valence-electron chi connectivity index (χ2n) is 9.99. The molecule has 0 N–H and O–H groups in total. The van der Waals surface area contributed by atoms with Gasteiger partial charge >= 0.3 is 6.18 Å². The van der Waals surface area contributed by atoms with Crippen molar-refractivity contribution >= 4 is 33.0 Å². The van der Waals surface area contributed by atoms with Gasteiger partial charge in [-0.2, -0.15) is 23.4 Å². The average Bonchev–Trinajstić information content (AvgIpc) is 3.67. The Morgan fingerprint density at radius 3 is 2.52 bits per heavy atom. The highest BCUT2D eigenvalue weighted by molar-refractivity contribution is 7.92. The number of alkyl halides is 3. The summed E-state index contributed by atoms with van der Waals surface area (Å²) >= 11 is 0.253.